The van der Waals surface area contributed by atoms with Gasteiger partial charge in [-0.2, -0.15) is 0 Å². The molecule has 0 aliphatic rings. The largest absolute Gasteiger partial charge is 0.449 e. The standard InChI is InChI=1S/C3H3N3O.H8O2Si3/c7-2-3-1-4-6-5-3;3-1-5-2-4/h1-2H,(H,4,5,6);5H2,3-4H3. The van der Waals surface area contributed by atoms with Gasteiger partial charge in [-0.1, -0.05) is 5.21 Å². The van der Waals surface area contributed by atoms with Crippen molar-refractivity contribution >= 4 is 37.3 Å². The summed E-state index contributed by atoms with van der Waals surface area (Å²) in [5.41, 5.74) is 0.333. The van der Waals surface area contributed by atoms with Crippen molar-refractivity contribution in [1.29, 1.82) is 0 Å². The maximum absolute atomic E-state index is 9.75. The van der Waals surface area contributed by atoms with E-state index in [1.54, 1.807) is 0 Å². The van der Waals surface area contributed by atoms with Crippen LogP contribution in [0.3, 0.4) is 0 Å². The minimum Gasteiger partial charge on any atom is -0.449 e. The Morgan fingerprint density at radius 1 is 1.58 bits per heavy atom. The molecule has 0 aromatic carbocycles. The van der Waals surface area contributed by atoms with Crippen LogP contribution in [0.5, 0.6) is 0 Å². The summed E-state index contributed by atoms with van der Waals surface area (Å²) in [6, 6.07) is 0. The van der Waals surface area contributed by atoms with E-state index in [0.29, 0.717) is 12.0 Å². The van der Waals surface area contributed by atoms with E-state index >= 15 is 0 Å². The molecule has 0 saturated carbocycles. The maximum atomic E-state index is 9.75. The van der Waals surface area contributed by atoms with E-state index in [4.69, 9.17) is 8.23 Å². The summed E-state index contributed by atoms with van der Waals surface area (Å²) in [4.78, 5) is 9.75. The van der Waals surface area contributed by atoms with Crippen LogP contribution in [0.4, 0.5) is 0 Å². The number of nitrogens with one attached hydrogen (secondary N) is 1. The van der Waals surface area contributed by atoms with Gasteiger partial charge < -0.3 is 8.23 Å². The molecule has 0 atom stereocenters. The molecule has 12 heavy (non-hydrogen) atoms. The minimum absolute atomic E-state index is 0.333. The van der Waals surface area contributed by atoms with E-state index in [2.05, 4.69) is 15.4 Å². The predicted octanol–water partition coefficient (Wildman–Crippen LogP) is -3.80. The molecule has 0 saturated heterocycles. The molecule has 1 rings (SSSR count). The van der Waals surface area contributed by atoms with Crippen molar-refractivity contribution in [2.24, 2.45) is 0 Å². The molecule has 0 aliphatic heterocycles. The Kier molecular flexibility index (Phi) is 8.04. The van der Waals surface area contributed by atoms with Crippen LogP contribution >= 0.6 is 0 Å². The quantitative estimate of drug-likeness (QED) is 0.418. The van der Waals surface area contributed by atoms with Crippen molar-refractivity contribution in [2.45, 2.75) is 0 Å². The van der Waals surface area contributed by atoms with E-state index in [0.717, 1.165) is 21.0 Å². The van der Waals surface area contributed by atoms with Gasteiger partial charge >= 0.3 is 0 Å². The van der Waals surface area contributed by atoms with Crippen molar-refractivity contribution < 1.29 is 13.0 Å². The SMILES string of the molecule is O=Cc1c[nH]nn1.[SiH3]O[SiH2]O[SiH3]. The van der Waals surface area contributed by atoms with E-state index < -0.39 is 10.0 Å². The number of rotatable bonds is 3. The van der Waals surface area contributed by atoms with Gasteiger partial charge in [0.15, 0.2) is 6.29 Å². The molecule has 0 unspecified atom stereocenters. The Morgan fingerprint density at radius 2 is 2.25 bits per heavy atom. The summed E-state index contributed by atoms with van der Waals surface area (Å²) in [5.74, 6) is 0. The Hall–Kier alpha value is -0.619. The number of hydrogen-bond donors (Lipinski definition) is 1. The molecule has 1 aromatic rings. The third-order valence-corrected chi connectivity index (χ3v) is 2.68. The van der Waals surface area contributed by atoms with Crippen molar-refractivity contribution in [1.82, 2.24) is 15.4 Å². The Morgan fingerprint density at radius 3 is 2.42 bits per heavy atom. The number of aldehydes is 1. The monoisotopic (exact) mass is 221 g/mol. The average molecular weight is 221 g/mol. The van der Waals surface area contributed by atoms with Crippen LogP contribution in [0, 0.1) is 0 Å². The first-order chi connectivity index (χ1) is 5.85. The molecular weight excluding hydrogens is 210 g/mol. The lowest BCUT2D eigenvalue weighted by Crippen LogP contribution is -1.96. The molecule has 0 fully saturated rings. The molecule has 6 nitrogen and oxygen atoms in total. The van der Waals surface area contributed by atoms with E-state index in [1.807, 2.05) is 0 Å². The second-order valence-electron chi connectivity index (χ2n) is 1.71. The molecule has 1 N–H and O–H groups in total. The fourth-order valence-electron chi connectivity index (χ4n) is 0.386. The second-order valence-corrected chi connectivity index (χ2v) is 6.57. The topological polar surface area (TPSA) is 77.1 Å². The minimum atomic E-state index is -0.444. The third-order valence-electron chi connectivity index (χ3n) is 0.792. The Labute approximate surface area is 78.2 Å². The van der Waals surface area contributed by atoms with Gasteiger partial charge in [0.2, 0.25) is 0 Å². The van der Waals surface area contributed by atoms with Gasteiger partial charge in [0.05, 0.1) is 6.20 Å². The van der Waals surface area contributed by atoms with Gasteiger partial charge in [-0.15, -0.1) is 5.10 Å². The smallest absolute Gasteiger partial charge is 0.282 e. The number of H-pyrrole nitrogens is 1. The molecule has 1 aromatic heterocycles. The highest BCUT2D eigenvalue weighted by Crippen LogP contribution is 1.76. The molecule has 0 radical (unpaired) electrons. The van der Waals surface area contributed by atoms with Crippen LogP contribution in [0.1, 0.15) is 10.5 Å². The maximum Gasteiger partial charge on any atom is 0.282 e. The molecule has 0 spiro atoms. The van der Waals surface area contributed by atoms with Gasteiger partial charge in [-0.05, 0) is 0 Å². The number of nitrogens with zero attached hydrogens (tertiary/aromatic N) is 2. The Balaban J connectivity index is 0.000000217. The normalized spacial score (nSPS) is 10.0. The van der Waals surface area contributed by atoms with Crippen molar-refractivity contribution in [3.8, 4) is 0 Å². The predicted molar refractivity (Wildman–Crippen MR) is 52.4 cm³/mol. The summed E-state index contributed by atoms with van der Waals surface area (Å²) in [6.07, 6.45) is 2.05. The van der Waals surface area contributed by atoms with E-state index in [-0.39, 0.29) is 0 Å². The number of aromatic nitrogens is 3. The fraction of sp³-hybridized carbons (Fsp3) is 0. The highest BCUT2D eigenvalue weighted by atomic mass is 28.3. The zero-order valence-electron chi connectivity index (χ0n) is 6.98. The molecule has 0 bridgehead atoms. The second kappa shape index (κ2) is 8.48. The summed E-state index contributed by atoms with van der Waals surface area (Å²) < 4.78 is 9.56. The summed E-state index contributed by atoms with van der Waals surface area (Å²) in [6.45, 7) is 0. The highest BCUT2D eigenvalue weighted by Gasteiger charge is 1.85. The van der Waals surface area contributed by atoms with Gasteiger partial charge in [-0.3, -0.25) is 9.89 Å². The molecule has 1 heterocycles. The van der Waals surface area contributed by atoms with Crippen LogP contribution in [0.2, 0.25) is 0 Å². The van der Waals surface area contributed by atoms with Gasteiger partial charge in [0, 0.05) is 0 Å². The van der Waals surface area contributed by atoms with Crippen LogP contribution < -0.4 is 0 Å². The molecule has 0 amide bonds. The van der Waals surface area contributed by atoms with E-state index in [1.165, 1.54) is 6.20 Å². The van der Waals surface area contributed by atoms with Gasteiger partial charge in [0.1, 0.15) is 26.7 Å². The summed E-state index contributed by atoms with van der Waals surface area (Å²) in [7, 11) is 1.27. The average Bonchev–Trinajstić information content (AvgIpc) is 2.58. The van der Waals surface area contributed by atoms with Crippen LogP contribution in [0.25, 0.3) is 0 Å². The number of carbonyl (C=O) groups excluding carboxylic acids is 1. The first-order valence-corrected chi connectivity index (χ1v) is 5.93. The lowest BCUT2D eigenvalue weighted by atomic mass is 10.6. The van der Waals surface area contributed by atoms with E-state index in [9.17, 15) is 4.79 Å². The zero-order valence-corrected chi connectivity index (χ0v) is 12.4. The third kappa shape index (κ3) is 6.11. The van der Waals surface area contributed by atoms with Gasteiger partial charge in [0.25, 0.3) is 10.0 Å². The number of hydrogen-bond acceptors (Lipinski definition) is 5. The Bertz CT molecular complexity index is 192. The first kappa shape index (κ1) is 11.4. The molecule has 68 valence electrons. The van der Waals surface area contributed by atoms with Crippen molar-refractivity contribution in [3.05, 3.63) is 11.9 Å². The fourth-order valence-corrected chi connectivity index (χ4v) is 3.45. The van der Waals surface area contributed by atoms with Crippen LogP contribution in [0.15, 0.2) is 6.20 Å². The van der Waals surface area contributed by atoms with Crippen molar-refractivity contribution in [2.75, 3.05) is 0 Å². The lowest BCUT2D eigenvalue weighted by molar-refractivity contribution is 0.111. The van der Waals surface area contributed by atoms with Crippen LogP contribution in [-0.4, -0.2) is 52.7 Å². The molecular formula is C3H11N3O3Si3. The van der Waals surface area contributed by atoms with Crippen LogP contribution in [-0.2, 0) is 8.23 Å². The molecule has 9 heteroatoms. The molecule has 0 aliphatic carbocycles. The van der Waals surface area contributed by atoms with Crippen molar-refractivity contribution in [3.63, 3.8) is 0 Å². The zero-order chi connectivity index (χ0) is 9.23. The first-order valence-electron chi connectivity index (χ1n) is 3.14. The number of aromatic amines is 1. The highest BCUT2D eigenvalue weighted by molar-refractivity contribution is 6.33. The summed E-state index contributed by atoms with van der Waals surface area (Å²) >= 11 is 0. The summed E-state index contributed by atoms with van der Waals surface area (Å²) in [5, 5.41) is 9.04. The lowest BCUT2D eigenvalue weighted by Gasteiger charge is -1.87. The number of carbonyl (C=O) groups is 1. The van der Waals surface area contributed by atoms with Gasteiger partial charge in [-0.25, -0.2) is 0 Å².